The molecule has 3 heterocycles. The third kappa shape index (κ3) is 5.03. The second-order valence-corrected chi connectivity index (χ2v) is 10.1. The van der Waals surface area contributed by atoms with Gasteiger partial charge in [0.25, 0.3) is 5.91 Å². The Bertz CT molecular complexity index is 1480. The molecule has 0 aliphatic carbocycles. The Morgan fingerprint density at radius 3 is 2.58 bits per heavy atom. The minimum Gasteiger partial charge on any atom is -0.352 e. The van der Waals surface area contributed by atoms with Gasteiger partial charge < -0.3 is 20.0 Å². The number of fused-ring (bicyclic) bond motifs is 1. The summed E-state index contributed by atoms with van der Waals surface area (Å²) in [5, 5.41) is 14.0. The van der Waals surface area contributed by atoms with Crippen molar-refractivity contribution in [2.45, 2.75) is 6.17 Å². The van der Waals surface area contributed by atoms with Gasteiger partial charge in [-0.15, -0.1) is 0 Å². The van der Waals surface area contributed by atoms with E-state index in [0.717, 1.165) is 0 Å². The van der Waals surface area contributed by atoms with Crippen molar-refractivity contribution in [2.24, 2.45) is 4.99 Å². The van der Waals surface area contributed by atoms with E-state index in [0.29, 0.717) is 75.2 Å². The fourth-order valence-corrected chi connectivity index (χ4v) is 5.27. The van der Waals surface area contributed by atoms with Gasteiger partial charge in [-0.1, -0.05) is 41.4 Å². The first-order valence-corrected chi connectivity index (χ1v) is 13.1. The number of aromatic nitrogens is 1. The zero-order chi connectivity index (χ0) is 26.8. The Morgan fingerprint density at radius 1 is 1.08 bits per heavy atom. The molecule has 2 aliphatic heterocycles. The minimum atomic E-state index is -0.969. The maximum atomic E-state index is 13.5. The van der Waals surface area contributed by atoms with Crippen LogP contribution in [0, 0.1) is 11.3 Å². The number of nitrogens with zero attached hydrogens (tertiary/aromatic N) is 6. The molecule has 1 unspecified atom stereocenters. The SMILES string of the molecule is CN1C(=O)C(NC(=S)N2CCN(c3ncccc3C#N)CC2)N=C(c2ccccc2Cl)c2cc(Cl)ccc21. The van der Waals surface area contributed by atoms with Gasteiger partial charge in [0.1, 0.15) is 11.9 Å². The topological polar surface area (TPSA) is 87.9 Å². The van der Waals surface area contributed by atoms with E-state index in [4.69, 9.17) is 40.4 Å². The van der Waals surface area contributed by atoms with Crippen LogP contribution in [0.25, 0.3) is 0 Å². The van der Waals surface area contributed by atoms with E-state index in [-0.39, 0.29) is 5.91 Å². The van der Waals surface area contributed by atoms with E-state index >= 15 is 0 Å². The first-order valence-electron chi connectivity index (χ1n) is 11.9. The molecular weight excluding hydrogens is 541 g/mol. The largest absolute Gasteiger partial charge is 0.352 e. The molecule has 2 aliphatic rings. The molecule has 3 aromatic rings. The molecule has 0 radical (unpaired) electrons. The van der Waals surface area contributed by atoms with Crippen LogP contribution in [0.4, 0.5) is 11.5 Å². The average molecular weight is 565 g/mol. The lowest BCUT2D eigenvalue weighted by atomic mass is 10.00. The van der Waals surface area contributed by atoms with E-state index in [2.05, 4.69) is 21.3 Å². The molecule has 8 nitrogen and oxygen atoms in total. The molecule has 192 valence electrons. The molecule has 1 atom stereocenters. The van der Waals surface area contributed by atoms with Gasteiger partial charge in [0, 0.05) is 60.6 Å². The summed E-state index contributed by atoms with van der Waals surface area (Å²) < 4.78 is 0. The summed E-state index contributed by atoms with van der Waals surface area (Å²) in [7, 11) is 1.70. The molecule has 1 amide bonds. The summed E-state index contributed by atoms with van der Waals surface area (Å²) in [6.07, 6.45) is 0.715. The minimum absolute atomic E-state index is 0.260. The highest BCUT2D eigenvalue weighted by Crippen LogP contribution is 2.32. The normalized spacial score (nSPS) is 17.3. The van der Waals surface area contributed by atoms with Crippen LogP contribution < -0.4 is 15.1 Å². The molecule has 38 heavy (non-hydrogen) atoms. The van der Waals surface area contributed by atoms with E-state index in [1.54, 1.807) is 54.5 Å². The Balaban J connectivity index is 1.40. The summed E-state index contributed by atoms with van der Waals surface area (Å²) in [4.78, 5) is 28.4. The predicted molar refractivity (Wildman–Crippen MR) is 154 cm³/mol. The number of pyridine rings is 1. The number of aliphatic imine (C=N–C) groups is 1. The quantitative estimate of drug-likeness (QED) is 0.480. The van der Waals surface area contributed by atoms with Crippen molar-refractivity contribution in [2.75, 3.05) is 43.0 Å². The number of anilines is 2. The zero-order valence-corrected chi connectivity index (χ0v) is 22.8. The van der Waals surface area contributed by atoms with Gasteiger partial charge in [-0.3, -0.25) is 4.79 Å². The maximum Gasteiger partial charge on any atom is 0.272 e. The first kappa shape index (κ1) is 25.9. The number of likely N-dealkylation sites (N-methyl/N-ethyl adjacent to an activating group) is 1. The number of carbonyl (C=O) groups excluding carboxylic acids is 1. The van der Waals surface area contributed by atoms with Crippen molar-refractivity contribution >= 4 is 63.7 Å². The smallest absolute Gasteiger partial charge is 0.272 e. The number of rotatable bonds is 3. The molecule has 5 rings (SSSR count). The van der Waals surface area contributed by atoms with Crippen LogP contribution in [0.1, 0.15) is 16.7 Å². The number of nitrogens with one attached hydrogen (secondary N) is 1. The second kappa shape index (κ2) is 11.0. The van der Waals surface area contributed by atoms with Gasteiger partial charge in [0.15, 0.2) is 5.11 Å². The van der Waals surface area contributed by atoms with Crippen molar-refractivity contribution < 1.29 is 4.79 Å². The molecule has 11 heteroatoms. The molecule has 0 bridgehead atoms. The first-order chi connectivity index (χ1) is 18.4. The Kier molecular flexibility index (Phi) is 7.47. The number of piperazine rings is 1. The standard InChI is InChI=1S/C27H23Cl2N7OS/c1-34-22-9-8-18(28)15-20(22)23(19-6-2-3-7-21(19)29)32-24(26(34)37)33-27(38)36-13-11-35(12-14-36)25-17(16-30)5-4-10-31-25/h2-10,15,24H,11-14H2,1H3,(H,33,38). The molecular formula is C27H23Cl2N7OS. The summed E-state index contributed by atoms with van der Waals surface area (Å²) in [6.45, 7) is 2.45. The monoisotopic (exact) mass is 563 g/mol. The van der Waals surface area contributed by atoms with Crippen molar-refractivity contribution in [3.63, 3.8) is 0 Å². The number of hydrogen-bond donors (Lipinski definition) is 1. The van der Waals surface area contributed by atoms with Gasteiger partial charge in [0.05, 0.1) is 17.0 Å². The summed E-state index contributed by atoms with van der Waals surface area (Å²) in [5.74, 6) is 0.406. The lowest BCUT2D eigenvalue weighted by molar-refractivity contribution is -0.119. The molecule has 1 fully saturated rings. The summed E-state index contributed by atoms with van der Waals surface area (Å²) in [5.41, 5.74) is 3.15. The molecule has 1 N–H and O–H groups in total. The second-order valence-electron chi connectivity index (χ2n) is 8.83. The van der Waals surface area contributed by atoms with Crippen LogP contribution in [0.2, 0.25) is 10.0 Å². The fourth-order valence-electron chi connectivity index (χ4n) is 4.57. The highest BCUT2D eigenvalue weighted by molar-refractivity contribution is 7.80. The lowest BCUT2D eigenvalue weighted by Crippen LogP contribution is -2.55. The van der Waals surface area contributed by atoms with E-state index in [1.807, 2.05) is 23.1 Å². The van der Waals surface area contributed by atoms with E-state index in [9.17, 15) is 10.1 Å². The molecule has 1 saturated heterocycles. The number of amides is 1. The van der Waals surface area contributed by atoms with E-state index in [1.165, 1.54) is 0 Å². The average Bonchev–Trinajstić information content (AvgIpc) is 3.03. The number of carbonyl (C=O) groups is 1. The van der Waals surface area contributed by atoms with Crippen LogP contribution in [0.15, 0.2) is 65.8 Å². The molecule has 1 aromatic heterocycles. The van der Waals surface area contributed by atoms with Crippen molar-refractivity contribution in [1.29, 1.82) is 5.26 Å². The maximum absolute atomic E-state index is 13.5. The highest BCUT2D eigenvalue weighted by Gasteiger charge is 2.32. The van der Waals surface area contributed by atoms with Crippen molar-refractivity contribution in [1.82, 2.24) is 15.2 Å². The van der Waals surface area contributed by atoms with Crippen LogP contribution >= 0.6 is 35.4 Å². The van der Waals surface area contributed by atoms with Crippen LogP contribution in [-0.2, 0) is 4.79 Å². The number of hydrogen-bond acceptors (Lipinski definition) is 6. The van der Waals surface area contributed by atoms with Crippen molar-refractivity contribution in [3.8, 4) is 6.07 Å². The lowest BCUT2D eigenvalue weighted by Gasteiger charge is -2.37. The Morgan fingerprint density at radius 2 is 1.84 bits per heavy atom. The van der Waals surface area contributed by atoms with Crippen LogP contribution in [-0.4, -0.2) is 66.0 Å². The van der Waals surface area contributed by atoms with Crippen LogP contribution in [0.5, 0.6) is 0 Å². The molecule has 0 saturated carbocycles. The molecule has 0 spiro atoms. The number of halogens is 2. The third-order valence-corrected chi connectivity index (χ3v) is 7.50. The van der Waals surface area contributed by atoms with Gasteiger partial charge in [-0.05, 0) is 48.6 Å². The third-order valence-electron chi connectivity index (χ3n) is 6.56. The zero-order valence-electron chi connectivity index (χ0n) is 20.4. The Hall–Kier alpha value is -3.71. The van der Waals surface area contributed by atoms with Gasteiger partial charge >= 0.3 is 0 Å². The summed E-state index contributed by atoms with van der Waals surface area (Å²) in [6, 6.07) is 18.4. The molecule has 2 aromatic carbocycles. The van der Waals surface area contributed by atoms with Crippen molar-refractivity contribution in [3.05, 3.63) is 87.5 Å². The number of nitriles is 1. The number of thiocarbonyl (C=S) groups is 1. The van der Waals surface area contributed by atoms with E-state index < -0.39 is 6.17 Å². The highest BCUT2D eigenvalue weighted by atomic mass is 35.5. The van der Waals surface area contributed by atoms with Crippen LogP contribution in [0.3, 0.4) is 0 Å². The fraction of sp³-hybridized carbons (Fsp3) is 0.222. The van der Waals surface area contributed by atoms with Gasteiger partial charge in [-0.25, -0.2) is 9.98 Å². The Labute approximate surface area is 236 Å². The van der Waals surface area contributed by atoms with Gasteiger partial charge in [-0.2, -0.15) is 5.26 Å². The predicted octanol–water partition coefficient (Wildman–Crippen LogP) is 4.10. The summed E-state index contributed by atoms with van der Waals surface area (Å²) >= 11 is 18.6. The van der Waals surface area contributed by atoms with Gasteiger partial charge in [0.2, 0.25) is 6.17 Å². The number of benzodiazepines with no additional fused rings is 1. The number of benzene rings is 2.